The molecule has 0 bridgehead atoms. The van der Waals surface area contributed by atoms with E-state index in [1.165, 1.54) is 6.42 Å². The number of hydrogen-bond acceptors (Lipinski definition) is 3. The van der Waals surface area contributed by atoms with E-state index in [0.717, 1.165) is 25.7 Å². The molecule has 26 heavy (non-hydrogen) atoms. The van der Waals surface area contributed by atoms with Gasteiger partial charge in [-0.2, -0.15) is 0 Å². The highest BCUT2D eigenvalue weighted by molar-refractivity contribution is 6.21. The van der Waals surface area contributed by atoms with Crippen molar-refractivity contribution < 1.29 is 20.1 Å². The van der Waals surface area contributed by atoms with Crippen molar-refractivity contribution in [1.29, 1.82) is 0 Å². The van der Waals surface area contributed by atoms with E-state index in [1.807, 2.05) is 18.2 Å². The number of aliphatic hydroxyl groups excluding tert-OH is 2. The lowest BCUT2D eigenvalue weighted by Gasteiger charge is -2.42. The summed E-state index contributed by atoms with van der Waals surface area (Å²) in [6, 6.07) is 0. The molecule has 1 unspecified atom stereocenters. The molecule has 0 heterocycles. The zero-order valence-electron chi connectivity index (χ0n) is 15.7. The van der Waals surface area contributed by atoms with E-state index in [0.29, 0.717) is 19.3 Å². The Kier molecular flexibility index (Phi) is 8.18. The largest absolute Gasteiger partial charge is 0.481 e. The molecule has 2 rings (SSSR count). The lowest BCUT2D eigenvalue weighted by Crippen LogP contribution is -2.38. The van der Waals surface area contributed by atoms with Crippen LogP contribution in [-0.2, 0) is 4.79 Å². The number of aliphatic carboxylic acids is 1. The fourth-order valence-electron chi connectivity index (χ4n) is 4.12. The van der Waals surface area contributed by atoms with Crippen molar-refractivity contribution >= 4 is 17.6 Å². The molecule has 0 aromatic heterocycles. The average Bonchev–Trinajstić information content (AvgIpc) is 2.81. The zero-order valence-corrected chi connectivity index (χ0v) is 16.4. The molecular weight excluding hydrogens is 352 g/mol. The van der Waals surface area contributed by atoms with Gasteiger partial charge in [0.2, 0.25) is 0 Å². The van der Waals surface area contributed by atoms with Gasteiger partial charge >= 0.3 is 5.97 Å². The summed E-state index contributed by atoms with van der Waals surface area (Å²) in [6.07, 6.45) is 14.4. The van der Waals surface area contributed by atoms with Crippen LogP contribution in [0.25, 0.3) is 0 Å². The zero-order chi connectivity index (χ0) is 19.2. The summed E-state index contributed by atoms with van der Waals surface area (Å²) in [4.78, 5) is 10.5. The highest BCUT2D eigenvalue weighted by atomic mass is 35.5. The predicted octanol–water partition coefficient (Wildman–Crippen LogP) is 4.29. The molecular formula is C21H33ClO4. The van der Waals surface area contributed by atoms with Crippen molar-refractivity contribution in [3.8, 4) is 0 Å². The van der Waals surface area contributed by atoms with E-state index in [9.17, 15) is 15.0 Å². The lowest BCUT2D eigenvalue weighted by atomic mass is 9.66. The maximum atomic E-state index is 10.5. The fraction of sp³-hybridized carbons (Fsp3) is 0.762. The van der Waals surface area contributed by atoms with E-state index in [-0.39, 0.29) is 35.2 Å². The van der Waals surface area contributed by atoms with Crippen LogP contribution in [0.2, 0.25) is 0 Å². The first-order chi connectivity index (χ1) is 12.3. The van der Waals surface area contributed by atoms with Gasteiger partial charge in [-0.1, -0.05) is 37.6 Å². The van der Waals surface area contributed by atoms with Crippen LogP contribution in [0.4, 0.5) is 0 Å². The number of rotatable bonds is 10. The minimum Gasteiger partial charge on any atom is -0.481 e. The van der Waals surface area contributed by atoms with Crippen LogP contribution in [0.5, 0.6) is 0 Å². The first-order valence-corrected chi connectivity index (χ1v) is 10.3. The fourth-order valence-corrected chi connectivity index (χ4v) is 4.58. The van der Waals surface area contributed by atoms with Gasteiger partial charge in [0.1, 0.15) is 0 Å². The van der Waals surface area contributed by atoms with Gasteiger partial charge in [0, 0.05) is 17.7 Å². The quantitative estimate of drug-likeness (QED) is 0.298. The molecule has 4 nitrogen and oxygen atoms in total. The van der Waals surface area contributed by atoms with Crippen molar-refractivity contribution in [2.24, 2.45) is 17.3 Å². The van der Waals surface area contributed by atoms with Crippen LogP contribution in [0, 0.1) is 17.3 Å². The number of allylic oxidation sites excluding steroid dienone is 2. The lowest BCUT2D eigenvalue weighted by molar-refractivity contribution is -0.137. The molecule has 0 aromatic carbocycles. The second-order valence-electron chi connectivity index (χ2n) is 8.24. The maximum Gasteiger partial charge on any atom is 0.303 e. The Morgan fingerprint density at radius 1 is 1.31 bits per heavy atom. The van der Waals surface area contributed by atoms with Gasteiger partial charge in [0.15, 0.2) is 0 Å². The predicted molar refractivity (Wildman–Crippen MR) is 104 cm³/mol. The number of aliphatic hydroxyl groups is 2. The van der Waals surface area contributed by atoms with Crippen molar-refractivity contribution in [3.63, 3.8) is 0 Å². The standard InChI is InChI=1S/C21H33ClO4/c1-21(12-7-13-21)19(24)10-6-9-16-15(17(22)14-18(16)23)8-4-2-3-5-11-20(25)26/h2,4,6,9,15-19,23-24H,3,5,7-8,10-14H2,1H3,(H,25,26)/b4-2-,9-6+/t15-,16-,17+,18-,19?/m1/s1. The molecule has 3 N–H and O–H groups in total. The van der Waals surface area contributed by atoms with Gasteiger partial charge in [-0.15, -0.1) is 11.6 Å². The number of carbonyl (C=O) groups is 1. The Morgan fingerprint density at radius 2 is 2.04 bits per heavy atom. The van der Waals surface area contributed by atoms with Gasteiger partial charge < -0.3 is 15.3 Å². The molecule has 0 amide bonds. The summed E-state index contributed by atoms with van der Waals surface area (Å²) >= 11 is 6.44. The average molecular weight is 385 g/mol. The van der Waals surface area contributed by atoms with Crippen LogP contribution in [0.15, 0.2) is 24.3 Å². The van der Waals surface area contributed by atoms with Crippen LogP contribution in [-0.4, -0.2) is 38.9 Å². The van der Waals surface area contributed by atoms with Crippen LogP contribution in [0.1, 0.15) is 64.7 Å². The molecule has 148 valence electrons. The minimum atomic E-state index is -0.763. The molecule has 0 saturated heterocycles. The monoisotopic (exact) mass is 384 g/mol. The molecule has 2 aliphatic carbocycles. The van der Waals surface area contributed by atoms with Crippen molar-refractivity contribution in [2.75, 3.05) is 0 Å². The van der Waals surface area contributed by atoms with Gasteiger partial charge in [-0.05, 0) is 56.3 Å². The minimum absolute atomic E-state index is 0.0163. The first kappa shape index (κ1) is 21.5. The third kappa shape index (κ3) is 5.83. The summed E-state index contributed by atoms with van der Waals surface area (Å²) in [5, 5.41) is 29.3. The number of unbranched alkanes of at least 4 members (excludes halogenated alkanes) is 1. The number of hydrogen-bond donors (Lipinski definition) is 3. The molecule has 0 radical (unpaired) electrons. The number of carboxylic acids is 1. The van der Waals surface area contributed by atoms with E-state index in [4.69, 9.17) is 16.7 Å². The number of carboxylic acid groups (broad SMARTS) is 1. The van der Waals surface area contributed by atoms with Gasteiger partial charge in [0.25, 0.3) is 0 Å². The third-order valence-electron chi connectivity index (χ3n) is 6.22. The molecule has 0 aliphatic heterocycles. The van der Waals surface area contributed by atoms with Crippen LogP contribution < -0.4 is 0 Å². The highest BCUT2D eigenvalue weighted by Gasteiger charge is 2.40. The van der Waals surface area contributed by atoms with E-state index in [1.54, 1.807) is 0 Å². The van der Waals surface area contributed by atoms with Gasteiger partial charge in [0.05, 0.1) is 12.2 Å². The molecule has 0 spiro atoms. The topological polar surface area (TPSA) is 77.8 Å². The van der Waals surface area contributed by atoms with Crippen LogP contribution in [0.3, 0.4) is 0 Å². The van der Waals surface area contributed by atoms with E-state index < -0.39 is 12.1 Å². The molecule has 2 aliphatic rings. The summed E-state index contributed by atoms with van der Waals surface area (Å²) in [5.41, 5.74) is 0.0613. The summed E-state index contributed by atoms with van der Waals surface area (Å²) in [6.45, 7) is 2.15. The first-order valence-electron chi connectivity index (χ1n) is 9.87. The molecule has 5 heteroatoms. The van der Waals surface area contributed by atoms with Gasteiger partial charge in [-0.25, -0.2) is 0 Å². The maximum absolute atomic E-state index is 10.5. The molecule has 2 saturated carbocycles. The Labute approximate surface area is 161 Å². The Hall–Kier alpha value is -0.840. The SMILES string of the molecule is CC1(C(O)C/C=C/[C@@H]2[C@@H](C/C=C\CCCC(=O)O)[C@@H](Cl)C[C@H]2O)CCC1. The van der Waals surface area contributed by atoms with E-state index >= 15 is 0 Å². The Balaban J connectivity index is 1.81. The van der Waals surface area contributed by atoms with E-state index in [2.05, 4.69) is 13.0 Å². The normalized spacial score (nSPS) is 32.2. The second-order valence-corrected chi connectivity index (χ2v) is 8.80. The highest BCUT2D eigenvalue weighted by Crippen LogP contribution is 2.44. The third-order valence-corrected chi connectivity index (χ3v) is 6.73. The summed E-state index contributed by atoms with van der Waals surface area (Å²) in [7, 11) is 0. The molecule has 5 atom stereocenters. The summed E-state index contributed by atoms with van der Waals surface area (Å²) in [5.74, 6) is -0.570. The van der Waals surface area contributed by atoms with Crippen molar-refractivity contribution in [3.05, 3.63) is 24.3 Å². The second kappa shape index (κ2) is 9.91. The number of alkyl halides is 1. The van der Waals surface area contributed by atoms with Gasteiger partial charge in [-0.3, -0.25) is 4.79 Å². The van der Waals surface area contributed by atoms with Crippen molar-refractivity contribution in [1.82, 2.24) is 0 Å². The Bertz CT molecular complexity index is 512. The Morgan fingerprint density at radius 3 is 2.65 bits per heavy atom. The van der Waals surface area contributed by atoms with Crippen molar-refractivity contribution in [2.45, 2.75) is 82.3 Å². The summed E-state index contributed by atoms with van der Waals surface area (Å²) < 4.78 is 0. The number of halogens is 1. The molecule has 2 fully saturated rings. The smallest absolute Gasteiger partial charge is 0.303 e. The molecule has 0 aromatic rings. The van der Waals surface area contributed by atoms with Crippen LogP contribution >= 0.6 is 11.6 Å².